The monoisotopic (exact) mass is 131 g/mol. The Bertz CT molecular complexity index is 59.9. The van der Waals surface area contributed by atoms with Crippen molar-refractivity contribution in [3.63, 3.8) is 0 Å². The molecule has 0 N–H and O–H groups in total. The van der Waals surface area contributed by atoms with Gasteiger partial charge in [-0.05, 0) is 12.8 Å². The van der Waals surface area contributed by atoms with Crippen molar-refractivity contribution < 1.29 is 4.84 Å². The van der Waals surface area contributed by atoms with Crippen molar-refractivity contribution in [1.82, 2.24) is 5.06 Å². The third-order valence-electron chi connectivity index (χ3n) is 1.57. The van der Waals surface area contributed by atoms with Gasteiger partial charge in [-0.15, -0.1) is 0 Å². The van der Waals surface area contributed by atoms with Gasteiger partial charge in [0.05, 0.1) is 7.11 Å². The summed E-state index contributed by atoms with van der Waals surface area (Å²) in [6.07, 6.45) is 3.97. The van der Waals surface area contributed by atoms with Crippen LogP contribution in [0.5, 0.6) is 0 Å². The van der Waals surface area contributed by atoms with Crippen LogP contribution in [-0.4, -0.2) is 25.3 Å². The van der Waals surface area contributed by atoms with Crippen LogP contribution in [0.15, 0.2) is 0 Å². The Hall–Kier alpha value is -0.0800. The minimum absolute atomic E-state index is 0. The number of hydrogen-bond acceptors (Lipinski definition) is 2. The molecule has 1 aliphatic heterocycles. The Balaban J connectivity index is 0.000000640. The summed E-state index contributed by atoms with van der Waals surface area (Å²) in [6, 6.07) is 0. The molecule has 9 heavy (non-hydrogen) atoms. The lowest BCUT2D eigenvalue weighted by atomic mass is 10.2. The van der Waals surface area contributed by atoms with E-state index in [0.29, 0.717) is 0 Å². The molecule has 1 fully saturated rings. The van der Waals surface area contributed by atoms with E-state index in [-0.39, 0.29) is 7.43 Å². The SMILES string of the molecule is C.CON1CCCCC1. The predicted octanol–water partition coefficient (Wildman–Crippen LogP) is 1.67. The van der Waals surface area contributed by atoms with E-state index in [1.165, 1.54) is 19.3 Å². The number of hydroxylamine groups is 2. The quantitative estimate of drug-likeness (QED) is 0.536. The van der Waals surface area contributed by atoms with Gasteiger partial charge in [0, 0.05) is 13.1 Å². The predicted molar refractivity (Wildman–Crippen MR) is 39.2 cm³/mol. The van der Waals surface area contributed by atoms with Crippen LogP contribution in [0.2, 0.25) is 0 Å². The standard InChI is InChI=1S/C6H13NO.CH4/c1-8-7-5-3-2-4-6-7;/h2-6H2,1H3;1H4. The van der Waals surface area contributed by atoms with E-state index < -0.39 is 0 Å². The largest absolute Gasteiger partial charge is 0.302 e. The first-order chi connectivity index (χ1) is 3.93. The highest BCUT2D eigenvalue weighted by Crippen LogP contribution is 2.07. The van der Waals surface area contributed by atoms with Gasteiger partial charge in [-0.1, -0.05) is 13.8 Å². The maximum Gasteiger partial charge on any atom is 0.0575 e. The van der Waals surface area contributed by atoms with Crippen molar-refractivity contribution in [2.24, 2.45) is 0 Å². The highest BCUT2D eigenvalue weighted by atomic mass is 16.7. The molecule has 0 atom stereocenters. The molecule has 0 spiro atoms. The van der Waals surface area contributed by atoms with Crippen molar-refractivity contribution in [2.45, 2.75) is 26.7 Å². The van der Waals surface area contributed by atoms with Gasteiger partial charge in [0.25, 0.3) is 0 Å². The fourth-order valence-corrected chi connectivity index (χ4v) is 1.05. The summed E-state index contributed by atoms with van der Waals surface area (Å²) in [6.45, 7) is 2.24. The zero-order valence-corrected chi connectivity index (χ0v) is 5.39. The summed E-state index contributed by atoms with van der Waals surface area (Å²) in [5.74, 6) is 0. The minimum Gasteiger partial charge on any atom is -0.302 e. The average molecular weight is 131 g/mol. The molecule has 0 unspecified atom stereocenters. The second-order valence-corrected chi connectivity index (χ2v) is 2.17. The molecule has 1 saturated heterocycles. The molecule has 1 aliphatic rings. The van der Waals surface area contributed by atoms with Gasteiger partial charge in [-0.3, -0.25) is 0 Å². The van der Waals surface area contributed by atoms with Crippen molar-refractivity contribution in [1.29, 1.82) is 0 Å². The molecule has 0 bridgehead atoms. The Morgan fingerprint density at radius 1 is 1.11 bits per heavy atom. The van der Waals surface area contributed by atoms with E-state index >= 15 is 0 Å². The van der Waals surface area contributed by atoms with Gasteiger partial charge in [0.15, 0.2) is 0 Å². The Morgan fingerprint density at radius 3 is 2.00 bits per heavy atom. The van der Waals surface area contributed by atoms with E-state index in [0.717, 1.165) is 13.1 Å². The summed E-state index contributed by atoms with van der Waals surface area (Å²) in [5, 5.41) is 2.02. The lowest BCUT2D eigenvalue weighted by molar-refractivity contribution is -0.141. The van der Waals surface area contributed by atoms with E-state index in [1.54, 1.807) is 7.11 Å². The third kappa shape index (κ3) is 2.82. The molecular weight excluding hydrogens is 114 g/mol. The molecule has 0 radical (unpaired) electrons. The van der Waals surface area contributed by atoms with E-state index in [4.69, 9.17) is 4.84 Å². The van der Waals surface area contributed by atoms with Gasteiger partial charge in [-0.25, -0.2) is 0 Å². The molecule has 2 heteroatoms. The molecular formula is C7H17NO. The number of piperidine rings is 1. The number of hydrogen-bond donors (Lipinski definition) is 0. The second kappa shape index (κ2) is 4.77. The summed E-state index contributed by atoms with van der Waals surface area (Å²) >= 11 is 0. The maximum absolute atomic E-state index is 5.02. The van der Waals surface area contributed by atoms with Gasteiger partial charge in [0.2, 0.25) is 0 Å². The summed E-state index contributed by atoms with van der Waals surface area (Å²) in [4.78, 5) is 5.02. The van der Waals surface area contributed by atoms with Crippen LogP contribution in [0.25, 0.3) is 0 Å². The van der Waals surface area contributed by atoms with Crippen molar-refractivity contribution in [3.05, 3.63) is 0 Å². The molecule has 0 aromatic heterocycles. The number of nitrogens with zero attached hydrogens (tertiary/aromatic N) is 1. The fourth-order valence-electron chi connectivity index (χ4n) is 1.05. The highest BCUT2D eigenvalue weighted by molar-refractivity contribution is 4.55. The highest BCUT2D eigenvalue weighted by Gasteiger charge is 2.06. The molecule has 1 heterocycles. The van der Waals surface area contributed by atoms with Crippen LogP contribution in [0, 0.1) is 0 Å². The Morgan fingerprint density at radius 2 is 1.67 bits per heavy atom. The van der Waals surface area contributed by atoms with E-state index in [9.17, 15) is 0 Å². The first-order valence-corrected chi connectivity index (χ1v) is 3.22. The molecule has 0 aromatic carbocycles. The first kappa shape index (κ1) is 8.92. The molecule has 0 amide bonds. The first-order valence-electron chi connectivity index (χ1n) is 3.22. The molecule has 1 rings (SSSR count). The molecule has 0 saturated carbocycles. The summed E-state index contributed by atoms with van der Waals surface area (Å²) < 4.78 is 0. The van der Waals surface area contributed by atoms with Crippen LogP contribution in [0.1, 0.15) is 26.7 Å². The molecule has 56 valence electrons. The van der Waals surface area contributed by atoms with Crippen molar-refractivity contribution in [3.8, 4) is 0 Å². The van der Waals surface area contributed by atoms with Crippen LogP contribution in [0.3, 0.4) is 0 Å². The Kier molecular flexibility index (Phi) is 4.72. The third-order valence-corrected chi connectivity index (χ3v) is 1.57. The topological polar surface area (TPSA) is 12.5 Å². The normalized spacial score (nSPS) is 21.0. The molecule has 2 nitrogen and oxygen atoms in total. The van der Waals surface area contributed by atoms with Crippen LogP contribution in [0.4, 0.5) is 0 Å². The van der Waals surface area contributed by atoms with Crippen molar-refractivity contribution >= 4 is 0 Å². The van der Waals surface area contributed by atoms with Crippen LogP contribution < -0.4 is 0 Å². The summed E-state index contributed by atoms with van der Waals surface area (Å²) in [5.41, 5.74) is 0. The smallest absolute Gasteiger partial charge is 0.0575 e. The van der Waals surface area contributed by atoms with E-state index in [1.807, 2.05) is 5.06 Å². The van der Waals surface area contributed by atoms with Gasteiger partial charge >= 0.3 is 0 Å². The number of rotatable bonds is 1. The zero-order chi connectivity index (χ0) is 5.82. The van der Waals surface area contributed by atoms with Gasteiger partial charge in [-0.2, -0.15) is 5.06 Å². The average Bonchev–Trinajstić information content (AvgIpc) is 1.90. The van der Waals surface area contributed by atoms with Crippen molar-refractivity contribution in [2.75, 3.05) is 20.2 Å². The second-order valence-electron chi connectivity index (χ2n) is 2.17. The lowest BCUT2D eigenvalue weighted by Gasteiger charge is -2.23. The molecule has 0 aromatic rings. The zero-order valence-electron chi connectivity index (χ0n) is 5.39. The lowest BCUT2D eigenvalue weighted by Crippen LogP contribution is -2.28. The van der Waals surface area contributed by atoms with Crippen LogP contribution >= 0.6 is 0 Å². The molecule has 0 aliphatic carbocycles. The minimum atomic E-state index is 0. The van der Waals surface area contributed by atoms with Crippen LogP contribution in [-0.2, 0) is 4.84 Å². The summed E-state index contributed by atoms with van der Waals surface area (Å²) in [7, 11) is 1.74. The van der Waals surface area contributed by atoms with Gasteiger partial charge in [0.1, 0.15) is 0 Å². The Labute approximate surface area is 57.8 Å². The maximum atomic E-state index is 5.02. The van der Waals surface area contributed by atoms with E-state index in [2.05, 4.69) is 0 Å². The van der Waals surface area contributed by atoms with Gasteiger partial charge < -0.3 is 4.84 Å². The fraction of sp³-hybridized carbons (Fsp3) is 1.00.